The van der Waals surface area contributed by atoms with Gasteiger partial charge in [-0.05, 0) is 24.3 Å². The summed E-state index contributed by atoms with van der Waals surface area (Å²) in [5.74, 6) is 0.0554. The number of esters is 1. The van der Waals surface area contributed by atoms with E-state index in [0.29, 0.717) is 43.3 Å². The molecule has 35 heavy (non-hydrogen) atoms. The van der Waals surface area contributed by atoms with Crippen molar-refractivity contribution < 1.29 is 32.2 Å². The smallest absolute Gasteiger partial charge is 0.325 e. The van der Waals surface area contributed by atoms with Crippen molar-refractivity contribution >= 4 is 43.5 Å². The van der Waals surface area contributed by atoms with Gasteiger partial charge in [-0.25, -0.2) is 8.42 Å². The Kier molecular flexibility index (Phi) is 7.24. The van der Waals surface area contributed by atoms with E-state index in [9.17, 15) is 18.0 Å². The number of hydrogen-bond acceptors (Lipinski definition) is 8. The Bertz CT molecular complexity index is 1440. The number of carbonyl (C=O) groups excluding carboxylic acids is 2. The zero-order valence-electron chi connectivity index (χ0n) is 19.5. The van der Waals surface area contributed by atoms with E-state index in [-0.39, 0.29) is 21.8 Å². The Morgan fingerprint density at radius 3 is 2.31 bits per heavy atom. The molecular formula is C23H25N3O7S2. The number of ether oxygens (including phenoxy) is 3. The van der Waals surface area contributed by atoms with Gasteiger partial charge in [0, 0.05) is 30.8 Å². The SMILES string of the molecule is CCN(CC)S(=O)(=O)c1ccc(C(=O)N=c2sc3cc4c(cc3n2CC(=O)OC)OCCO4)cc1. The number of fused-ring (bicyclic) bond motifs is 2. The third kappa shape index (κ3) is 4.95. The second-order valence-electron chi connectivity index (χ2n) is 7.54. The zero-order chi connectivity index (χ0) is 25.2. The number of rotatable bonds is 7. The van der Waals surface area contributed by atoms with Crippen LogP contribution in [0.3, 0.4) is 0 Å². The van der Waals surface area contributed by atoms with Crippen molar-refractivity contribution in [3.63, 3.8) is 0 Å². The molecule has 0 unspecified atom stereocenters. The Balaban J connectivity index is 1.74. The number of thiazole rings is 1. The van der Waals surface area contributed by atoms with Crippen LogP contribution in [0.15, 0.2) is 46.3 Å². The summed E-state index contributed by atoms with van der Waals surface area (Å²) in [6, 6.07) is 9.19. The van der Waals surface area contributed by atoms with E-state index in [1.165, 1.54) is 47.0 Å². The first-order valence-corrected chi connectivity index (χ1v) is 13.2. The molecule has 3 aromatic rings. The second kappa shape index (κ2) is 10.2. The molecule has 0 bridgehead atoms. The number of benzene rings is 2. The lowest BCUT2D eigenvalue weighted by atomic mass is 10.2. The van der Waals surface area contributed by atoms with Crippen molar-refractivity contribution in [2.45, 2.75) is 25.3 Å². The normalized spacial score (nSPS) is 13.9. The lowest BCUT2D eigenvalue weighted by Gasteiger charge is -2.18. The molecule has 0 aliphatic carbocycles. The topological polar surface area (TPSA) is 117 Å². The van der Waals surface area contributed by atoms with Crippen molar-refractivity contribution in [1.29, 1.82) is 0 Å². The predicted octanol–water partition coefficient (Wildman–Crippen LogP) is 2.42. The highest BCUT2D eigenvalue weighted by Gasteiger charge is 2.22. The third-order valence-electron chi connectivity index (χ3n) is 5.50. The van der Waals surface area contributed by atoms with E-state index in [1.807, 2.05) is 0 Å². The Morgan fingerprint density at radius 1 is 1.09 bits per heavy atom. The highest BCUT2D eigenvalue weighted by molar-refractivity contribution is 7.89. The van der Waals surface area contributed by atoms with Crippen LogP contribution in [0.1, 0.15) is 24.2 Å². The molecule has 0 saturated heterocycles. The van der Waals surface area contributed by atoms with E-state index in [1.54, 1.807) is 30.5 Å². The summed E-state index contributed by atoms with van der Waals surface area (Å²) in [5, 5.41) is 0. The van der Waals surface area contributed by atoms with Crippen LogP contribution in [0.4, 0.5) is 0 Å². The summed E-state index contributed by atoms with van der Waals surface area (Å²) in [7, 11) is -2.35. The molecule has 10 nitrogen and oxygen atoms in total. The number of hydrogen-bond donors (Lipinski definition) is 0. The molecule has 0 spiro atoms. The van der Waals surface area contributed by atoms with Crippen LogP contribution in [-0.4, -0.2) is 62.6 Å². The van der Waals surface area contributed by atoms with Crippen LogP contribution in [0, 0.1) is 0 Å². The van der Waals surface area contributed by atoms with E-state index >= 15 is 0 Å². The summed E-state index contributed by atoms with van der Waals surface area (Å²) < 4.78 is 45.2. The van der Waals surface area contributed by atoms with E-state index in [0.717, 1.165) is 4.70 Å². The fourth-order valence-electron chi connectivity index (χ4n) is 3.67. The van der Waals surface area contributed by atoms with Crippen molar-refractivity contribution in [3.8, 4) is 11.5 Å². The maximum absolute atomic E-state index is 13.0. The average Bonchev–Trinajstić information content (AvgIpc) is 3.18. The summed E-state index contributed by atoms with van der Waals surface area (Å²) >= 11 is 1.22. The standard InChI is InChI=1S/C23H25N3O7S2/c1-4-25(5-2)35(29,30)16-8-6-15(7-9-16)22(28)24-23-26(14-21(27)31-3)17-12-18-19(13-20(17)34-23)33-11-10-32-18/h6-9,12-13H,4-5,10-11,14H2,1-3H3. The molecule has 2 aromatic carbocycles. The third-order valence-corrected chi connectivity index (χ3v) is 8.61. The minimum Gasteiger partial charge on any atom is -0.486 e. The van der Waals surface area contributed by atoms with Gasteiger partial charge in [-0.15, -0.1) is 0 Å². The monoisotopic (exact) mass is 519 g/mol. The van der Waals surface area contributed by atoms with Gasteiger partial charge in [0.15, 0.2) is 16.3 Å². The molecule has 2 heterocycles. The highest BCUT2D eigenvalue weighted by atomic mass is 32.2. The molecule has 0 saturated carbocycles. The Morgan fingerprint density at radius 2 is 1.71 bits per heavy atom. The van der Waals surface area contributed by atoms with E-state index in [2.05, 4.69) is 4.99 Å². The van der Waals surface area contributed by atoms with Gasteiger partial charge in [0.05, 0.1) is 22.2 Å². The molecule has 4 rings (SSSR count). The van der Waals surface area contributed by atoms with E-state index < -0.39 is 21.9 Å². The molecule has 1 aromatic heterocycles. The summed E-state index contributed by atoms with van der Waals surface area (Å²) in [5.41, 5.74) is 0.869. The molecule has 12 heteroatoms. The minimum absolute atomic E-state index is 0.103. The Labute approximate surface area is 206 Å². The van der Waals surface area contributed by atoms with Crippen LogP contribution in [-0.2, 0) is 26.1 Å². The molecule has 0 N–H and O–H groups in total. The molecule has 0 fully saturated rings. The maximum atomic E-state index is 13.0. The number of amides is 1. The molecule has 1 aliphatic rings. The first-order chi connectivity index (χ1) is 16.8. The van der Waals surface area contributed by atoms with Crippen LogP contribution < -0.4 is 14.3 Å². The van der Waals surface area contributed by atoms with E-state index in [4.69, 9.17) is 14.2 Å². The van der Waals surface area contributed by atoms with Crippen molar-refractivity contribution in [1.82, 2.24) is 8.87 Å². The molecule has 0 atom stereocenters. The molecule has 0 radical (unpaired) electrons. The van der Waals surface area contributed by atoms with Crippen LogP contribution in [0.2, 0.25) is 0 Å². The Hall–Kier alpha value is -3.22. The quantitative estimate of drug-likeness (QED) is 0.440. The number of aromatic nitrogens is 1. The van der Waals surface area contributed by atoms with Crippen molar-refractivity contribution in [2.24, 2.45) is 4.99 Å². The van der Waals surface area contributed by atoms with Crippen molar-refractivity contribution in [2.75, 3.05) is 33.4 Å². The number of carbonyl (C=O) groups is 2. The zero-order valence-corrected chi connectivity index (χ0v) is 21.1. The van der Waals surface area contributed by atoms with Gasteiger partial charge >= 0.3 is 5.97 Å². The largest absolute Gasteiger partial charge is 0.486 e. The average molecular weight is 520 g/mol. The highest BCUT2D eigenvalue weighted by Crippen LogP contribution is 2.35. The molecular weight excluding hydrogens is 494 g/mol. The van der Waals surface area contributed by atoms with Gasteiger partial charge in [-0.1, -0.05) is 25.2 Å². The lowest BCUT2D eigenvalue weighted by molar-refractivity contribution is -0.141. The van der Waals surface area contributed by atoms with Crippen LogP contribution in [0.25, 0.3) is 10.2 Å². The summed E-state index contributed by atoms with van der Waals surface area (Å²) in [4.78, 5) is 29.7. The number of sulfonamides is 1. The first kappa shape index (κ1) is 24.9. The molecule has 186 valence electrons. The predicted molar refractivity (Wildman–Crippen MR) is 129 cm³/mol. The van der Waals surface area contributed by atoms with Gasteiger partial charge in [-0.3, -0.25) is 9.59 Å². The fourth-order valence-corrected chi connectivity index (χ4v) is 6.17. The van der Waals surface area contributed by atoms with Gasteiger partial charge in [0.2, 0.25) is 10.0 Å². The molecule has 1 amide bonds. The number of methoxy groups -OCH3 is 1. The van der Waals surface area contributed by atoms with Gasteiger partial charge in [-0.2, -0.15) is 9.30 Å². The van der Waals surface area contributed by atoms with Crippen molar-refractivity contribution in [3.05, 3.63) is 46.8 Å². The maximum Gasteiger partial charge on any atom is 0.325 e. The van der Waals surface area contributed by atoms with Crippen LogP contribution >= 0.6 is 11.3 Å². The first-order valence-electron chi connectivity index (χ1n) is 11.0. The minimum atomic E-state index is -3.64. The number of nitrogens with zero attached hydrogens (tertiary/aromatic N) is 3. The lowest BCUT2D eigenvalue weighted by Crippen LogP contribution is -2.30. The second-order valence-corrected chi connectivity index (χ2v) is 10.5. The summed E-state index contributed by atoms with van der Waals surface area (Å²) in [6.07, 6.45) is 0. The summed E-state index contributed by atoms with van der Waals surface area (Å²) in [6.45, 7) is 4.92. The fraction of sp³-hybridized carbons (Fsp3) is 0.348. The van der Waals surface area contributed by atoms with Crippen LogP contribution in [0.5, 0.6) is 11.5 Å². The van der Waals surface area contributed by atoms with Gasteiger partial charge in [0.1, 0.15) is 19.8 Å². The van der Waals surface area contributed by atoms with Gasteiger partial charge < -0.3 is 18.8 Å². The van der Waals surface area contributed by atoms with Gasteiger partial charge in [0.25, 0.3) is 5.91 Å². The molecule has 1 aliphatic heterocycles.